The average Bonchev–Trinajstić information content (AvgIpc) is 2.27. The molecule has 0 spiro atoms. The minimum absolute atomic E-state index is 0.0270. The van der Waals surface area contributed by atoms with Crippen LogP contribution in [-0.4, -0.2) is 24.8 Å². The molecule has 0 aliphatic heterocycles. The van der Waals surface area contributed by atoms with Crippen LogP contribution in [0.4, 0.5) is 5.69 Å². The van der Waals surface area contributed by atoms with Gasteiger partial charge in [0.05, 0.1) is 9.82 Å². The lowest BCUT2D eigenvalue weighted by Gasteiger charge is -2.16. The quantitative estimate of drug-likeness (QED) is 0.474. The third-order valence-corrected chi connectivity index (χ3v) is 5.58. The third kappa shape index (κ3) is 4.21. The number of rotatable bonds is 5. The molecule has 0 aliphatic carbocycles. The maximum Gasteiger partial charge on any atom is 0.270 e. The molecular formula is C12H17NO4S2. The highest BCUT2D eigenvalue weighted by Crippen LogP contribution is 2.34. The molecule has 0 saturated carbocycles. The summed E-state index contributed by atoms with van der Waals surface area (Å²) in [6.45, 7) is 6.09. The highest BCUT2D eigenvalue weighted by molar-refractivity contribution is 8.00. The summed E-state index contributed by atoms with van der Waals surface area (Å²) in [5.41, 5.74) is -0.207. The Labute approximate surface area is 117 Å². The van der Waals surface area contributed by atoms with Gasteiger partial charge in [0.15, 0.2) is 9.84 Å². The molecule has 0 heterocycles. The van der Waals surface area contributed by atoms with Gasteiger partial charge in [-0.1, -0.05) is 20.8 Å². The van der Waals surface area contributed by atoms with E-state index in [9.17, 15) is 18.5 Å². The Kier molecular flexibility index (Phi) is 4.98. The second kappa shape index (κ2) is 5.92. The van der Waals surface area contributed by atoms with Gasteiger partial charge >= 0.3 is 0 Å². The highest BCUT2D eigenvalue weighted by atomic mass is 32.2. The van der Waals surface area contributed by atoms with E-state index in [0.29, 0.717) is 10.8 Å². The SMILES string of the molecule is CC(C)[C@H](C)Sc1ccc([N+](=O)[O-])cc1S(C)(=O)=O. The van der Waals surface area contributed by atoms with Crippen molar-refractivity contribution < 1.29 is 13.3 Å². The van der Waals surface area contributed by atoms with Crippen molar-refractivity contribution >= 4 is 27.3 Å². The molecule has 0 saturated heterocycles. The van der Waals surface area contributed by atoms with Crippen molar-refractivity contribution in [1.82, 2.24) is 0 Å². The van der Waals surface area contributed by atoms with Crippen LogP contribution in [0.2, 0.25) is 0 Å². The predicted molar refractivity (Wildman–Crippen MR) is 76.4 cm³/mol. The van der Waals surface area contributed by atoms with E-state index in [1.165, 1.54) is 23.9 Å². The normalized spacial score (nSPS) is 13.5. The van der Waals surface area contributed by atoms with Crippen LogP contribution >= 0.6 is 11.8 Å². The van der Waals surface area contributed by atoms with E-state index in [2.05, 4.69) is 0 Å². The second-order valence-electron chi connectivity index (χ2n) is 4.73. The zero-order valence-electron chi connectivity index (χ0n) is 11.3. The molecule has 0 aromatic heterocycles. The van der Waals surface area contributed by atoms with Crippen molar-refractivity contribution in [3.63, 3.8) is 0 Å². The van der Waals surface area contributed by atoms with Crippen molar-refractivity contribution in [1.29, 1.82) is 0 Å². The van der Waals surface area contributed by atoms with E-state index < -0.39 is 14.8 Å². The van der Waals surface area contributed by atoms with E-state index >= 15 is 0 Å². The van der Waals surface area contributed by atoms with E-state index in [4.69, 9.17) is 0 Å². The van der Waals surface area contributed by atoms with Crippen LogP contribution in [-0.2, 0) is 9.84 Å². The first kappa shape index (κ1) is 16.0. The molecule has 1 atom stereocenters. The van der Waals surface area contributed by atoms with Crippen LogP contribution in [0.3, 0.4) is 0 Å². The number of hydrogen-bond acceptors (Lipinski definition) is 5. The van der Waals surface area contributed by atoms with E-state index in [0.717, 1.165) is 12.3 Å². The summed E-state index contributed by atoms with van der Waals surface area (Å²) >= 11 is 1.42. The van der Waals surface area contributed by atoms with Gasteiger partial charge in [0.1, 0.15) is 0 Å². The maximum absolute atomic E-state index is 11.7. The maximum atomic E-state index is 11.7. The zero-order valence-corrected chi connectivity index (χ0v) is 12.9. The van der Waals surface area contributed by atoms with Crippen molar-refractivity contribution in [3.8, 4) is 0 Å². The predicted octanol–water partition coefficient (Wildman–Crippen LogP) is 3.13. The van der Waals surface area contributed by atoms with Crippen LogP contribution in [0.15, 0.2) is 28.0 Å². The lowest BCUT2D eigenvalue weighted by Crippen LogP contribution is -2.08. The van der Waals surface area contributed by atoms with E-state index in [-0.39, 0.29) is 15.8 Å². The number of hydrogen-bond donors (Lipinski definition) is 0. The Morgan fingerprint density at radius 2 is 1.84 bits per heavy atom. The third-order valence-electron chi connectivity index (χ3n) is 2.79. The Morgan fingerprint density at radius 3 is 2.26 bits per heavy atom. The van der Waals surface area contributed by atoms with Gasteiger partial charge in [-0.15, -0.1) is 11.8 Å². The molecule has 0 N–H and O–H groups in total. The molecule has 1 rings (SSSR count). The summed E-state index contributed by atoms with van der Waals surface area (Å²) in [6.07, 6.45) is 1.07. The molecule has 7 heteroatoms. The van der Waals surface area contributed by atoms with Crippen molar-refractivity contribution in [2.45, 2.75) is 35.8 Å². The fraction of sp³-hybridized carbons (Fsp3) is 0.500. The summed E-state index contributed by atoms with van der Waals surface area (Å²) in [5.74, 6) is 0.382. The lowest BCUT2D eigenvalue weighted by atomic mass is 10.2. The van der Waals surface area contributed by atoms with E-state index in [1.54, 1.807) is 0 Å². The summed E-state index contributed by atoms with van der Waals surface area (Å²) in [4.78, 5) is 10.7. The molecule has 1 aromatic rings. The molecule has 19 heavy (non-hydrogen) atoms. The number of sulfone groups is 1. The van der Waals surface area contributed by atoms with Gasteiger partial charge in [0, 0.05) is 28.5 Å². The number of nitro benzene ring substituents is 1. The van der Waals surface area contributed by atoms with Crippen molar-refractivity contribution in [2.24, 2.45) is 5.92 Å². The first-order valence-corrected chi connectivity index (χ1v) is 8.55. The monoisotopic (exact) mass is 303 g/mol. The minimum Gasteiger partial charge on any atom is -0.258 e. The average molecular weight is 303 g/mol. The van der Waals surface area contributed by atoms with E-state index in [1.807, 2.05) is 20.8 Å². The molecule has 0 bridgehead atoms. The number of thioether (sulfide) groups is 1. The van der Waals surface area contributed by atoms with Gasteiger partial charge in [-0.05, 0) is 12.0 Å². The van der Waals surface area contributed by atoms with Gasteiger partial charge in [-0.2, -0.15) is 0 Å². The minimum atomic E-state index is -3.49. The molecule has 0 aliphatic rings. The molecule has 0 amide bonds. The topological polar surface area (TPSA) is 77.3 Å². The van der Waals surface area contributed by atoms with Crippen LogP contribution in [0, 0.1) is 16.0 Å². The second-order valence-corrected chi connectivity index (χ2v) is 8.13. The fourth-order valence-corrected chi connectivity index (χ4v) is 3.69. The Morgan fingerprint density at radius 1 is 1.26 bits per heavy atom. The number of non-ortho nitro benzene ring substituents is 1. The molecule has 0 fully saturated rings. The number of benzene rings is 1. The van der Waals surface area contributed by atoms with Gasteiger partial charge in [-0.25, -0.2) is 8.42 Å². The largest absolute Gasteiger partial charge is 0.270 e. The van der Waals surface area contributed by atoms with Gasteiger partial charge in [0.25, 0.3) is 5.69 Å². The van der Waals surface area contributed by atoms with Gasteiger partial charge in [-0.3, -0.25) is 10.1 Å². The van der Waals surface area contributed by atoms with Crippen LogP contribution in [0.25, 0.3) is 0 Å². The Balaban J connectivity index is 3.29. The Hall–Kier alpha value is -1.08. The highest BCUT2D eigenvalue weighted by Gasteiger charge is 2.20. The number of nitrogens with zero attached hydrogens (tertiary/aromatic N) is 1. The summed E-state index contributed by atoms with van der Waals surface area (Å²) in [5, 5.41) is 10.9. The lowest BCUT2D eigenvalue weighted by molar-refractivity contribution is -0.385. The molecule has 1 aromatic carbocycles. The molecule has 0 radical (unpaired) electrons. The first-order chi connectivity index (χ1) is 8.62. The molecular weight excluding hydrogens is 286 g/mol. The van der Waals surface area contributed by atoms with Crippen LogP contribution in [0.1, 0.15) is 20.8 Å². The number of nitro groups is 1. The van der Waals surface area contributed by atoms with Crippen LogP contribution in [0.5, 0.6) is 0 Å². The smallest absolute Gasteiger partial charge is 0.258 e. The first-order valence-electron chi connectivity index (χ1n) is 5.78. The summed E-state index contributed by atoms with van der Waals surface area (Å²) in [7, 11) is -3.49. The molecule has 0 unspecified atom stereocenters. The zero-order chi connectivity index (χ0) is 14.8. The van der Waals surface area contributed by atoms with Gasteiger partial charge in [0.2, 0.25) is 0 Å². The summed E-state index contributed by atoms with van der Waals surface area (Å²) < 4.78 is 23.5. The summed E-state index contributed by atoms with van der Waals surface area (Å²) in [6, 6.07) is 3.98. The standard InChI is InChI=1S/C12H17NO4S2/c1-8(2)9(3)18-11-6-5-10(13(14)15)7-12(11)19(4,16)17/h5-9H,1-4H3/t9-/m0/s1. The van der Waals surface area contributed by atoms with Crippen molar-refractivity contribution in [2.75, 3.05) is 6.26 Å². The van der Waals surface area contributed by atoms with Crippen molar-refractivity contribution in [3.05, 3.63) is 28.3 Å². The van der Waals surface area contributed by atoms with Gasteiger partial charge < -0.3 is 0 Å². The van der Waals surface area contributed by atoms with Crippen LogP contribution < -0.4 is 0 Å². The Bertz CT molecular complexity index is 581. The molecule has 106 valence electrons. The fourth-order valence-electron chi connectivity index (χ4n) is 1.33. The molecule has 5 nitrogen and oxygen atoms in total.